The molecule has 27 heavy (non-hydrogen) atoms. The lowest BCUT2D eigenvalue weighted by atomic mass is 10.1. The van der Waals surface area contributed by atoms with Gasteiger partial charge in [-0.05, 0) is 11.6 Å². The van der Waals surface area contributed by atoms with E-state index in [9.17, 15) is 9.59 Å². The molecule has 1 aromatic carbocycles. The van der Waals surface area contributed by atoms with Gasteiger partial charge in [0.15, 0.2) is 0 Å². The molecule has 2 fully saturated rings. The number of nitrogens with zero attached hydrogens (tertiary/aromatic N) is 2. The molecule has 0 aromatic heterocycles. The van der Waals surface area contributed by atoms with Gasteiger partial charge in [0.25, 0.3) is 0 Å². The molecule has 0 aliphatic carbocycles. The zero-order chi connectivity index (χ0) is 18.9. The average molecular weight is 410 g/mol. The first-order valence-corrected chi connectivity index (χ1v) is 11.6. The lowest BCUT2D eigenvalue weighted by Crippen LogP contribution is -2.41. The average Bonchev–Trinajstić information content (AvgIpc) is 2.71. The summed E-state index contributed by atoms with van der Waals surface area (Å²) in [4.78, 5) is 28.7. The second-order valence-electron chi connectivity index (χ2n) is 6.58. The number of carbonyl (C=O) groups excluding carboxylic acids is 2. The van der Waals surface area contributed by atoms with Crippen molar-refractivity contribution in [3.05, 3.63) is 29.8 Å². The minimum absolute atomic E-state index is 0.0589. The molecule has 0 bridgehead atoms. The Kier molecular flexibility index (Phi) is 8.32. The lowest BCUT2D eigenvalue weighted by molar-refractivity contribution is -0.132. The zero-order valence-corrected chi connectivity index (χ0v) is 17.2. The fourth-order valence-electron chi connectivity index (χ4n) is 3.10. The summed E-state index contributed by atoms with van der Waals surface area (Å²) in [5, 5.41) is 3.02. The van der Waals surface area contributed by atoms with Crippen LogP contribution in [0.25, 0.3) is 0 Å². The van der Waals surface area contributed by atoms with Gasteiger partial charge < -0.3 is 15.0 Å². The maximum absolute atomic E-state index is 12.3. The van der Waals surface area contributed by atoms with Crippen LogP contribution in [0.2, 0.25) is 0 Å². The Labute approximate surface area is 169 Å². The smallest absolute Gasteiger partial charge is 0.234 e. The summed E-state index contributed by atoms with van der Waals surface area (Å²) >= 11 is 3.36. The Balaban J connectivity index is 1.44. The van der Waals surface area contributed by atoms with E-state index in [0.717, 1.165) is 30.9 Å². The summed E-state index contributed by atoms with van der Waals surface area (Å²) < 4.78 is 5.26. The van der Waals surface area contributed by atoms with Crippen molar-refractivity contribution < 1.29 is 14.3 Å². The van der Waals surface area contributed by atoms with E-state index in [2.05, 4.69) is 16.3 Å². The van der Waals surface area contributed by atoms with Crippen LogP contribution >= 0.6 is 23.5 Å². The van der Waals surface area contributed by atoms with Gasteiger partial charge in [-0.15, -0.1) is 11.8 Å². The molecule has 2 amide bonds. The third-order valence-corrected chi connectivity index (χ3v) is 6.47. The van der Waals surface area contributed by atoms with Gasteiger partial charge in [0.05, 0.1) is 24.7 Å². The number of para-hydroxylation sites is 1. The molecular weight excluding hydrogens is 382 g/mol. The van der Waals surface area contributed by atoms with Crippen LogP contribution in [-0.2, 0) is 20.9 Å². The molecule has 6 nitrogen and oxygen atoms in total. The minimum Gasteiger partial charge on any atom is -0.378 e. The van der Waals surface area contributed by atoms with Gasteiger partial charge in [-0.25, -0.2) is 0 Å². The number of carbonyl (C=O) groups is 2. The van der Waals surface area contributed by atoms with Crippen LogP contribution in [0.4, 0.5) is 5.69 Å². The predicted octanol–water partition coefficient (Wildman–Crippen LogP) is 1.77. The Morgan fingerprint density at radius 1 is 1.07 bits per heavy atom. The molecule has 0 atom stereocenters. The van der Waals surface area contributed by atoms with Crippen LogP contribution in [-0.4, -0.2) is 84.0 Å². The van der Waals surface area contributed by atoms with E-state index in [-0.39, 0.29) is 17.6 Å². The van der Waals surface area contributed by atoms with E-state index in [1.165, 1.54) is 23.3 Å². The number of hydrogen-bond donors (Lipinski definition) is 1. The lowest BCUT2D eigenvalue weighted by Gasteiger charge is -2.27. The standard InChI is InChI=1S/C19H27N3O3S2/c23-18(14-27-15-19(24)22-5-9-25-10-6-22)20-17-4-2-1-3-16(17)13-21-7-11-26-12-8-21/h1-4H,5-15H2,(H,20,23). The molecule has 3 rings (SSSR count). The normalized spacial score (nSPS) is 18.3. The molecule has 1 N–H and O–H groups in total. The number of amides is 2. The van der Waals surface area contributed by atoms with Crippen LogP contribution in [0.1, 0.15) is 5.56 Å². The minimum atomic E-state index is -0.0589. The van der Waals surface area contributed by atoms with Gasteiger partial charge in [0.1, 0.15) is 0 Å². The molecule has 0 saturated carbocycles. The highest BCUT2D eigenvalue weighted by Crippen LogP contribution is 2.20. The molecule has 0 unspecified atom stereocenters. The molecule has 2 aliphatic rings. The topological polar surface area (TPSA) is 61.9 Å². The molecular formula is C19H27N3O3S2. The quantitative estimate of drug-likeness (QED) is 0.741. The monoisotopic (exact) mass is 409 g/mol. The van der Waals surface area contributed by atoms with Gasteiger partial charge in [0.2, 0.25) is 11.8 Å². The van der Waals surface area contributed by atoms with E-state index >= 15 is 0 Å². The summed E-state index contributed by atoms with van der Waals surface area (Å²) in [7, 11) is 0. The number of benzene rings is 1. The third kappa shape index (κ3) is 6.71. The number of anilines is 1. The second-order valence-corrected chi connectivity index (χ2v) is 8.79. The maximum Gasteiger partial charge on any atom is 0.234 e. The predicted molar refractivity (Wildman–Crippen MR) is 112 cm³/mol. The van der Waals surface area contributed by atoms with Crippen molar-refractivity contribution in [1.29, 1.82) is 0 Å². The number of rotatable bonds is 7. The van der Waals surface area contributed by atoms with E-state index in [4.69, 9.17) is 4.74 Å². The number of nitrogens with one attached hydrogen (secondary N) is 1. The van der Waals surface area contributed by atoms with Crippen molar-refractivity contribution >= 4 is 41.0 Å². The molecule has 2 saturated heterocycles. The van der Waals surface area contributed by atoms with Crippen molar-refractivity contribution in [3.63, 3.8) is 0 Å². The second kappa shape index (κ2) is 10.9. The Bertz CT molecular complexity index is 632. The number of thioether (sulfide) groups is 2. The van der Waals surface area contributed by atoms with Crippen LogP contribution < -0.4 is 5.32 Å². The van der Waals surface area contributed by atoms with Gasteiger partial charge in [0, 0.05) is 49.9 Å². The SMILES string of the molecule is O=C(CSCC(=O)N1CCOCC1)Nc1ccccc1CN1CCSCC1. The maximum atomic E-state index is 12.3. The summed E-state index contributed by atoms with van der Waals surface area (Å²) in [6.07, 6.45) is 0. The largest absolute Gasteiger partial charge is 0.378 e. The van der Waals surface area contributed by atoms with Crippen LogP contribution in [0.15, 0.2) is 24.3 Å². The van der Waals surface area contributed by atoms with Crippen molar-refractivity contribution in [2.24, 2.45) is 0 Å². The highest BCUT2D eigenvalue weighted by Gasteiger charge is 2.17. The van der Waals surface area contributed by atoms with Crippen LogP contribution in [0.3, 0.4) is 0 Å². The summed E-state index contributed by atoms with van der Waals surface area (Å²) in [6, 6.07) is 7.99. The van der Waals surface area contributed by atoms with Gasteiger partial charge >= 0.3 is 0 Å². The molecule has 2 aliphatic heterocycles. The first-order chi connectivity index (χ1) is 13.2. The summed E-state index contributed by atoms with van der Waals surface area (Å²) in [5.74, 6) is 2.98. The molecule has 1 aromatic rings. The first-order valence-electron chi connectivity index (χ1n) is 9.33. The van der Waals surface area contributed by atoms with E-state index < -0.39 is 0 Å². The fourth-order valence-corrected chi connectivity index (χ4v) is 4.80. The highest BCUT2D eigenvalue weighted by molar-refractivity contribution is 8.00. The molecule has 8 heteroatoms. The van der Waals surface area contributed by atoms with E-state index in [0.29, 0.717) is 32.1 Å². The highest BCUT2D eigenvalue weighted by atomic mass is 32.2. The first kappa shape index (κ1) is 20.5. The number of morpholine rings is 1. The molecule has 0 radical (unpaired) electrons. The Morgan fingerprint density at radius 2 is 1.81 bits per heavy atom. The van der Waals surface area contributed by atoms with Gasteiger partial charge in [-0.1, -0.05) is 18.2 Å². The van der Waals surface area contributed by atoms with Crippen molar-refractivity contribution in [2.45, 2.75) is 6.54 Å². The van der Waals surface area contributed by atoms with E-state index in [1.54, 1.807) is 4.90 Å². The van der Waals surface area contributed by atoms with Gasteiger partial charge in [-0.2, -0.15) is 11.8 Å². The number of ether oxygens (including phenoxy) is 1. The third-order valence-electron chi connectivity index (χ3n) is 4.61. The summed E-state index contributed by atoms with van der Waals surface area (Å²) in [5.41, 5.74) is 2.02. The molecule has 2 heterocycles. The Morgan fingerprint density at radius 3 is 2.59 bits per heavy atom. The van der Waals surface area contributed by atoms with Crippen molar-refractivity contribution in [3.8, 4) is 0 Å². The number of hydrogen-bond acceptors (Lipinski definition) is 6. The van der Waals surface area contributed by atoms with Gasteiger partial charge in [-0.3, -0.25) is 14.5 Å². The molecule has 148 valence electrons. The van der Waals surface area contributed by atoms with Crippen LogP contribution in [0.5, 0.6) is 0 Å². The Hall–Kier alpha value is -1.22. The van der Waals surface area contributed by atoms with Crippen molar-refractivity contribution in [2.75, 3.05) is 67.7 Å². The van der Waals surface area contributed by atoms with E-state index in [1.807, 2.05) is 30.0 Å². The van der Waals surface area contributed by atoms with Crippen LogP contribution in [0, 0.1) is 0 Å². The van der Waals surface area contributed by atoms with Crippen molar-refractivity contribution in [1.82, 2.24) is 9.80 Å². The molecule has 0 spiro atoms. The fraction of sp³-hybridized carbons (Fsp3) is 0.579. The summed E-state index contributed by atoms with van der Waals surface area (Å²) in [6.45, 7) is 5.54. The zero-order valence-electron chi connectivity index (χ0n) is 15.5.